The molecule has 1 aromatic rings. The van der Waals surface area contributed by atoms with Crippen molar-refractivity contribution in [3.05, 3.63) is 29.8 Å². The second-order valence-corrected chi connectivity index (χ2v) is 2.83. The van der Waals surface area contributed by atoms with E-state index in [9.17, 15) is 0 Å². The quantitative estimate of drug-likeness (QED) is 0.758. The van der Waals surface area contributed by atoms with Crippen molar-refractivity contribution in [2.24, 2.45) is 5.73 Å². The van der Waals surface area contributed by atoms with E-state index in [0.29, 0.717) is 22.8 Å². The standard InChI is InChI=1S/C11H12N2O2/c1-14-9-5-8(11(13)3-4-12)6-10(7-9)15-2/h3,5-7H,13H2,1-2H3. The fraction of sp³-hybridized carbons (Fsp3) is 0.182. The molecule has 0 saturated heterocycles. The summed E-state index contributed by atoms with van der Waals surface area (Å²) in [6.45, 7) is 0. The third-order valence-electron chi connectivity index (χ3n) is 1.90. The third kappa shape index (κ3) is 2.64. The van der Waals surface area contributed by atoms with Gasteiger partial charge >= 0.3 is 0 Å². The van der Waals surface area contributed by atoms with Gasteiger partial charge in [0.05, 0.1) is 20.3 Å². The Morgan fingerprint density at radius 1 is 1.27 bits per heavy atom. The van der Waals surface area contributed by atoms with Crippen LogP contribution in [0.3, 0.4) is 0 Å². The molecule has 4 nitrogen and oxygen atoms in total. The number of rotatable bonds is 3. The first-order valence-corrected chi connectivity index (χ1v) is 4.30. The van der Waals surface area contributed by atoms with Crippen molar-refractivity contribution in [2.45, 2.75) is 0 Å². The van der Waals surface area contributed by atoms with Crippen molar-refractivity contribution in [1.29, 1.82) is 5.26 Å². The van der Waals surface area contributed by atoms with E-state index in [2.05, 4.69) is 0 Å². The van der Waals surface area contributed by atoms with Crippen LogP contribution < -0.4 is 15.2 Å². The molecule has 0 aliphatic rings. The summed E-state index contributed by atoms with van der Waals surface area (Å²) in [4.78, 5) is 0. The first-order chi connectivity index (χ1) is 7.21. The maximum Gasteiger partial charge on any atom is 0.123 e. The molecule has 15 heavy (non-hydrogen) atoms. The molecule has 0 radical (unpaired) electrons. The van der Waals surface area contributed by atoms with Crippen molar-refractivity contribution in [2.75, 3.05) is 14.2 Å². The maximum absolute atomic E-state index is 8.48. The second kappa shape index (κ2) is 4.91. The van der Waals surface area contributed by atoms with Crippen LogP contribution in [0, 0.1) is 11.3 Å². The van der Waals surface area contributed by atoms with E-state index in [-0.39, 0.29) is 0 Å². The Balaban J connectivity index is 3.19. The first-order valence-electron chi connectivity index (χ1n) is 4.30. The molecule has 0 unspecified atom stereocenters. The van der Waals surface area contributed by atoms with Crippen molar-refractivity contribution >= 4 is 5.70 Å². The summed E-state index contributed by atoms with van der Waals surface area (Å²) >= 11 is 0. The van der Waals surface area contributed by atoms with Gasteiger partial charge in [-0.2, -0.15) is 5.26 Å². The molecule has 0 amide bonds. The molecule has 0 aliphatic heterocycles. The number of methoxy groups -OCH3 is 2. The zero-order valence-electron chi connectivity index (χ0n) is 8.65. The predicted molar refractivity (Wildman–Crippen MR) is 57.3 cm³/mol. The Morgan fingerprint density at radius 2 is 1.80 bits per heavy atom. The molecule has 2 N–H and O–H groups in total. The van der Waals surface area contributed by atoms with Crippen LogP contribution in [0.4, 0.5) is 0 Å². The molecule has 0 bridgehead atoms. The lowest BCUT2D eigenvalue weighted by Gasteiger charge is -2.07. The van der Waals surface area contributed by atoms with Gasteiger partial charge in [0, 0.05) is 23.4 Å². The minimum atomic E-state index is 0.384. The summed E-state index contributed by atoms with van der Waals surface area (Å²) in [5.41, 5.74) is 6.77. The highest BCUT2D eigenvalue weighted by Crippen LogP contribution is 2.24. The molecule has 1 rings (SSSR count). The average Bonchev–Trinajstić information content (AvgIpc) is 2.28. The van der Waals surface area contributed by atoms with Crippen molar-refractivity contribution in [3.63, 3.8) is 0 Å². The molecule has 78 valence electrons. The zero-order valence-corrected chi connectivity index (χ0v) is 8.65. The molecule has 0 fully saturated rings. The largest absolute Gasteiger partial charge is 0.497 e. The van der Waals surface area contributed by atoms with Crippen molar-refractivity contribution < 1.29 is 9.47 Å². The topological polar surface area (TPSA) is 68.3 Å². The number of nitrogens with zero attached hydrogens (tertiary/aromatic N) is 1. The van der Waals surface area contributed by atoms with Crippen LogP contribution in [0.1, 0.15) is 5.56 Å². The van der Waals surface area contributed by atoms with Crippen LogP contribution >= 0.6 is 0 Å². The Labute approximate surface area is 88.5 Å². The smallest absolute Gasteiger partial charge is 0.123 e. The number of hydrogen-bond donors (Lipinski definition) is 1. The Hall–Kier alpha value is -2.15. The zero-order chi connectivity index (χ0) is 11.3. The number of allylic oxidation sites excluding steroid dienone is 1. The van der Waals surface area contributed by atoms with Gasteiger partial charge in [0.1, 0.15) is 11.5 Å². The van der Waals surface area contributed by atoms with Gasteiger partial charge in [-0.3, -0.25) is 0 Å². The monoisotopic (exact) mass is 204 g/mol. The summed E-state index contributed by atoms with van der Waals surface area (Å²) < 4.78 is 10.2. The van der Waals surface area contributed by atoms with Crippen LogP contribution in [-0.2, 0) is 0 Å². The van der Waals surface area contributed by atoms with Crippen LogP contribution in [0.25, 0.3) is 5.70 Å². The van der Waals surface area contributed by atoms with Gasteiger partial charge in [0.2, 0.25) is 0 Å². The normalized spacial score (nSPS) is 10.6. The van der Waals surface area contributed by atoms with E-state index in [4.69, 9.17) is 20.5 Å². The van der Waals surface area contributed by atoms with Crippen LogP contribution in [-0.4, -0.2) is 14.2 Å². The molecule has 1 aromatic carbocycles. The molecule has 0 aliphatic carbocycles. The van der Waals surface area contributed by atoms with Crippen LogP contribution in [0.2, 0.25) is 0 Å². The number of nitrogens with two attached hydrogens (primary N) is 1. The lowest BCUT2D eigenvalue weighted by atomic mass is 10.1. The minimum absolute atomic E-state index is 0.384. The van der Waals surface area contributed by atoms with E-state index >= 15 is 0 Å². The highest BCUT2D eigenvalue weighted by atomic mass is 16.5. The van der Waals surface area contributed by atoms with Crippen LogP contribution in [0.15, 0.2) is 24.3 Å². The SMILES string of the molecule is COc1cc(OC)cc(C(N)=CC#N)c1. The maximum atomic E-state index is 8.48. The number of benzene rings is 1. The second-order valence-electron chi connectivity index (χ2n) is 2.83. The Bertz CT molecular complexity index is 397. The van der Waals surface area contributed by atoms with Gasteiger partial charge in [-0.15, -0.1) is 0 Å². The van der Waals surface area contributed by atoms with E-state index in [1.165, 1.54) is 6.08 Å². The van der Waals surface area contributed by atoms with Crippen molar-refractivity contribution in [1.82, 2.24) is 0 Å². The number of ether oxygens (including phenoxy) is 2. The summed E-state index contributed by atoms with van der Waals surface area (Å²) in [5.74, 6) is 1.28. The molecular weight excluding hydrogens is 192 g/mol. The summed E-state index contributed by atoms with van der Waals surface area (Å²) in [6.07, 6.45) is 1.27. The van der Waals surface area contributed by atoms with Gasteiger partial charge < -0.3 is 15.2 Å². The Kier molecular flexibility index (Phi) is 3.58. The van der Waals surface area contributed by atoms with Crippen molar-refractivity contribution in [3.8, 4) is 17.6 Å². The fourth-order valence-corrected chi connectivity index (χ4v) is 1.13. The molecule has 0 spiro atoms. The summed E-state index contributed by atoms with van der Waals surface area (Å²) in [6, 6.07) is 7.09. The molecule has 0 heterocycles. The number of nitriles is 1. The highest BCUT2D eigenvalue weighted by molar-refractivity contribution is 5.67. The Morgan fingerprint density at radius 3 is 2.20 bits per heavy atom. The molecular formula is C11H12N2O2. The fourth-order valence-electron chi connectivity index (χ4n) is 1.13. The van der Waals surface area contributed by atoms with Crippen LogP contribution in [0.5, 0.6) is 11.5 Å². The van der Waals surface area contributed by atoms with Gasteiger partial charge in [-0.1, -0.05) is 0 Å². The highest BCUT2D eigenvalue weighted by Gasteiger charge is 2.03. The van der Waals surface area contributed by atoms with Gasteiger partial charge in [0.25, 0.3) is 0 Å². The summed E-state index contributed by atoms with van der Waals surface area (Å²) in [7, 11) is 3.12. The lowest BCUT2D eigenvalue weighted by molar-refractivity contribution is 0.394. The van der Waals surface area contributed by atoms with Gasteiger partial charge in [-0.05, 0) is 12.1 Å². The third-order valence-corrected chi connectivity index (χ3v) is 1.90. The molecule has 4 heteroatoms. The van der Waals surface area contributed by atoms with Gasteiger partial charge in [-0.25, -0.2) is 0 Å². The van der Waals surface area contributed by atoms with E-state index < -0.39 is 0 Å². The van der Waals surface area contributed by atoms with Gasteiger partial charge in [0.15, 0.2) is 0 Å². The van der Waals surface area contributed by atoms with E-state index in [0.717, 1.165) is 0 Å². The number of hydrogen-bond acceptors (Lipinski definition) is 4. The van der Waals surface area contributed by atoms with E-state index in [1.807, 2.05) is 6.07 Å². The molecule has 0 atom stereocenters. The predicted octanol–water partition coefficient (Wildman–Crippen LogP) is 1.53. The molecule has 0 saturated carbocycles. The first kappa shape index (κ1) is 10.9. The average molecular weight is 204 g/mol. The summed E-state index contributed by atoms with van der Waals surface area (Å²) in [5, 5.41) is 8.48. The lowest BCUT2D eigenvalue weighted by Crippen LogP contribution is -1.97. The van der Waals surface area contributed by atoms with E-state index in [1.54, 1.807) is 32.4 Å². The molecule has 0 aromatic heterocycles. The minimum Gasteiger partial charge on any atom is -0.497 e.